The lowest BCUT2D eigenvalue weighted by Gasteiger charge is -2.27. The van der Waals surface area contributed by atoms with Crippen molar-refractivity contribution in [3.05, 3.63) is 35.4 Å². The SMILES string of the molecule is NCc1ccccc1CCN1CCCCC1=O. The summed E-state index contributed by atoms with van der Waals surface area (Å²) < 4.78 is 0. The molecule has 1 saturated heterocycles. The Hall–Kier alpha value is -1.35. The van der Waals surface area contributed by atoms with Gasteiger partial charge >= 0.3 is 0 Å². The van der Waals surface area contributed by atoms with E-state index < -0.39 is 0 Å². The molecule has 1 amide bonds. The van der Waals surface area contributed by atoms with Gasteiger partial charge in [0.05, 0.1) is 0 Å². The van der Waals surface area contributed by atoms with Crippen LogP contribution in [0, 0.1) is 0 Å². The van der Waals surface area contributed by atoms with Crippen LogP contribution in [-0.2, 0) is 17.8 Å². The Bertz CT molecular complexity index is 390. The standard InChI is InChI=1S/C14H20N2O/c15-11-13-6-2-1-5-12(13)8-10-16-9-4-3-7-14(16)17/h1-2,5-6H,3-4,7-11,15H2. The first-order valence-electron chi connectivity index (χ1n) is 6.36. The molecule has 1 aliphatic heterocycles. The number of carbonyl (C=O) groups excluding carboxylic acids is 1. The topological polar surface area (TPSA) is 46.3 Å². The number of hydrogen-bond acceptors (Lipinski definition) is 2. The van der Waals surface area contributed by atoms with Crippen LogP contribution >= 0.6 is 0 Å². The molecule has 1 aliphatic rings. The summed E-state index contributed by atoms with van der Waals surface area (Å²) in [4.78, 5) is 13.7. The van der Waals surface area contributed by atoms with Gasteiger partial charge in [-0.05, 0) is 30.4 Å². The van der Waals surface area contributed by atoms with Crippen molar-refractivity contribution in [2.24, 2.45) is 5.73 Å². The summed E-state index contributed by atoms with van der Waals surface area (Å²) in [6.45, 7) is 2.32. The van der Waals surface area contributed by atoms with E-state index in [1.807, 2.05) is 17.0 Å². The summed E-state index contributed by atoms with van der Waals surface area (Å²) >= 11 is 0. The van der Waals surface area contributed by atoms with Crippen molar-refractivity contribution in [3.8, 4) is 0 Å². The van der Waals surface area contributed by atoms with E-state index in [2.05, 4.69) is 12.1 Å². The third-order valence-electron chi connectivity index (χ3n) is 3.41. The molecule has 2 rings (SSSR count). The molecule has 0 spiro atoms. The van der Waals surface area contributed by atoms with Gasteiger partial charge in [-0.15, -0.1) is 0 Å². The summed E-state index contributed by atoms with van der Waals surface area (Å²) in [5.74, 6) is 0.307. The van der Waals surface area contributed by atoms with Gasteiger partial charge in [-0.3, -0.25) is 4.79 Å². The minimum absolute atomic E-state index is 0.307. The predicted octanol–water partition coefficient (Wildman–Crippen LogP) is 1.70. The zero-order chi connectivity index (χ0) is 12.1. The van der Waals surface area contributed by atoms with E-state index >= 15 is 0 Å². The first-order chi connectivity index (χ1) is 8.31. The molecular weight excluding hydrogens is 212 g/mol. The van der Waals surface area contributed by atoms with Gasteiger partial charge < -0.3 is 10.6 Å². The zero-order valence-corrected chi connectivity index (χ0v) is 10.2. The van der Waals surface area contributed by atoms with Crippen molar-refractivity contribution < 1.29 is 4.79 Å². The lowest BCUT2D eigenvalue weighted by molar-refractivity contribution is -0.133. The van der Waals surface area contributed by atoms with Gasteiger partial charge in [0.15, 0.2) is 0 Å². The summed E-state index contributed by atoms with van der Waals surface area (Å²) in [5.41, 5.74) is 8.17. The average Bonchev–Trinajstić information content (AvgIpc) is 2.38. The van der Waals surface area contributed by atoms with Crippen molar-refractivity contribution in [2.45, 2.75) is 32.2 Å². The number of nitrogens with two attached hydrogens (primary N) is 1. The van der Waals surface area contributed by atoms with Gasteiger partial charge in [-0.1, -0.05) is 24.3 Å². The number of amides is 1. The molecule has 92 valence electrons. The van der Waals surface area contributed by atoms with E-state index in [0.717, 1.165) is 38.8 Å². The highest BCUT2D eigenvalue weighted by atomic mass is 16.2. The molecule has 2 N–H and O–H groups in total. The Balaban J connectivity index is 1.94. The minimum atomic E-state index is 0.307. The van der Waals surface area contributed by atoms with Crippen LogP contribution in [-0.4, -0.2) is 23.9 Å². The van der Waals surface area contributed by atoms with Gasteiger partial charge in [0.25, 0.3) is 0 Å². The molecule has 0 aliphatic carbocycles. The van der Waals surface area contributed by atoms with Gasteiger partial charge in [0.1, 0.15) is 0 Å². The lowest BCUT2D eigenvalue weighted by atomic mass is 10.0. The number of likely N-dealkylation sites (tertiary alicyclic amines) is 1. The Morgan fingerprint density at radius 3 is 2.65 bits per heavy atom. The Labute approximate surface area is 103 Å². The summed E-state index contributed by atoms with van der Waals surface area (Å²) in [5, 5.41) is 0. The highest BCUT2D eigenvalue weighted by Gasteiger charge is 2.17. The van der Waals surface area contributed by atoms with Gasteiger partial charge in [0.2, 0.25) is 5.91 Å². The predicted molar refractivity (Wildman–Crippen MR) is 68.5 cm³/mol. The highest BCUT2D eigenvalue weighted by Crippen LogP contribution is 2.13. The number of carbonyl (C=O) groups is 1. The fraction of sp³-hybridized carbons (Fsp3) is 0.500. The number of benzene rings is 1. The normalized spacial score (nSPS) is 16.3. The summed E-state index contributed by atoms with van der Waals surface area (Å²) in [6.07, 6.45) is 3.83. The van der Waals surface area contributed by atoms with Crippen molar-refractivity contribution in [3.63, 3.8) is 0 Å². The quantitative estimate of drug-likeness (QED) is 0.859. The van der Waals surface area contributed by atoms with E-state index in [9.17, 15) is 4.79 Å². The molecule has 0 unspecified atom stereocenters. The second kappa shape index (κ2) is 5.82. The lowest BCUT2D eigenvalue weighted by Crippen LogP contribution is -2.36. The smallest absolute Gasteiger partial charge is 0.222 e. The molecule has 0 radical (unpaired) electrons. The number of piperidine rings is 1. The number of hydrogen-bond donors (Lipinski definition) is 1. The monoisotopic (exact) mass is 232 g/mol. The van der Waals surface area contributed by atoms with Gasteiger partial charge in [-0.25, -0.2) is 0 Å². The van der Waals surface area contributed by atoms with Crippen LogP contribution in [0.5, 0.6) is 0 Å². The molecule has 17 heavy (non-hydrogen) atoms. The van der Waals surface area contributed by atoms with Crippen molar-refractivity contribution in [1.29, 1.82) is 0 Å². The molecule has 0 atom stereocenters. The fourth-order valence-electron chi connectivity index (χ4n) is 2.35. The average molecular weight is 232 g/mol. The third kappa shape index (κ3) is 3.07. The molecule has 1 aromatic carbocycles. The zero-order valence-electron chi connectivity index (χ0n) is 10.2. The maximum Gasteiger partial charge on any atom is 0.222 e. The molecule has 0 bridgehead atoms. The third-order valence-corrected chi connectivity index (χ3v) is 3.41. The molecule has 1 heterocycles. The van der Waals surface area contributed by atoms with Crippen LogP contribution in [0.25, 0.3) is 0 Å². The first-order valence-corrected chi connectivity index (χ1v) is 6.36. The molecule has 1 aromatic rings. The minimum Gasteiger partial charge on any atom is -0.342 e. The molecule has 3 nitrogen and oxygen atoms in total. The van der Waals surface area contributed by atoms with E-state index in [1.165, 1.54) is 11.1 Å². The largest absolute Gasteiger partial charge is 0.342 e. The molecular formula is C14H20N2O. The Morgan fingerprint density at radius 2 is 1.94 bits per heavy atom. The van der Waals surface area contributed by atoms with Crippen LogP contribution in [0.3, 0.4) is 0 Å². The second-order valence-electron chi connectivity index (χ2n) is 4.56. The first kappa shape index (κ1) is 12.1. The molecule has 3 heteroatoms. The van der Waals surface area contributed by atoms with Crippen LogP contribution in [0.2, 0.25) is 0 Å². The Kier molecular flexibility index (Phi) is 4.15. The van der Waals surface area contributed by atoms with Crippen molar-refractivity contribution in [2.75, 3.05) is 13.1 Å². The Morgan fingerprint density at radius 1 is 1.18 bits per heavy atom. The summed E-state index contributed by atoms with van der Waals surface area (Å²) in [7, 11) is 0. The van der Waals surface area contributed by atoms with E-state index in [1.54, 1.807) is 0 Å². The fourth-order valence-corrected chi connectivity index (χ4v) is 2.35. The van der Waals surface area contributed by atoms with E-state index in [4.69, 9.17) is 5.73 Å². The van der Waals surface area contributed by atoms with E-state index in [-0.39, 0.29) is 0 Å². The van der Waals surface area contributed by atoms with Crippen molar-refractivity contribution in [1.82, 2.24) is 4.90 Å². The maximum absolute atomic E-state index is 11.7. The maximum atomic E-state index is 11.7. The second-order valence-corrected chi connectivity index (χ2v) is 4.56. The summed E-state index contributed by atoms with van der Waals surface area (Å²) in [6, 6.07) is 8.22. The van der Waals surface area contributed by atoms with Crippen LogP contribution < -0.4 is 5.73 Å². The van der Waals surface area contributed by atoms with Crippen LogP contribution in [0.1, 0.15) is 30.4 Å². The number of rotatable bonds is 4. The van der Waals surface area contributed by atoms with E-state index in [0.29, 0.717) is 12.5 Å². The molecule has 1 fully saturated rings. The van der Waals surface area contributed by atoms with Gasteiger partial charge in [-0.2, -0.15) is 0 Å². The molecule has 0 saturated carbocycles. The number of nitrogens with zero attached hydrogens (tertiary/aromatic N) is 1. The highest BCUT2D eigenvalue weighted by molar-refractivity contribution is 5.76. The van der Waals surface area contributed by atoms with Gasteiger partial charge in [0, 0.05) is 26.1 Å². The van der Waals surface area contributed by atoms with Crippen LogP contribution in [0.15, 0.2) is 24.3 Å². The van der Waals surface area contributed by atoms with Crippen molar-refractivity contribution >= 4 is 5.91 Å². The molecule has 0 aromatic heterocycles. The van der Waals surface area contributed by atoms with Crippen LogP contribution in [0.4, 0.5) is 0 Å².